The summed E-state index contributed by atoms with van der Waals surface area (Å²) < 4.78 is 15.5. The number of benzene rings is 2. The summed E-state index contributed by atoms with van der Waals surface area (Å²) in [5.74, 6) is 1.07. The number of nitrogen functional groups attached to an aromatic ring is 1. The fraction of sp³-hybridized carbons (Fsp3) is 0.385. The van der Waals surface area contributed by atoms with Crippen molar-refractivity contribution in [1.29, 1.82) is 0 Å². The molecule has 0 radical (unpaired) electrons. The maximum absolute atomic E-state index is 11.0. The van der Waals surface area contributed by atoms with Crippen LogP contribution in [-0.2, 0) is 11.3 Å². The zero-order valence-corrected chi connectivity index (χ0v) is 21.5. The van der Waals surface area contributed by atoms with Gasteiger partial charge in [-0.2, -0.15) is 5.10 Å². The SMILES string of the molecule is CCOCCNSc1cc(N)ccc1C.COc1cccc(Cn2cc(C=O)c(C(C)C)n2)c1. The number of nitrogens with zero attached hydrogens (tertiary/aromatic N) is 2. The van der Waals surface area contributed by atoms with Gasteiger partial charge in [0.15, 0.2) is 6.29 Å². The van der Waals surface area contributed by atoms with Gasteiger partial charge in [0, 0.05) is 29.9 Å². The summed E-state index contributed by atoms with van der Waals surface area (Å²) >= 11 is 1.60. The lowest BCUT2D eigenvalue weighted by molar-refractivity contribution is 0.112. The Hall–Kier alpha value is -2.81. The van der Waals surface area contributed by atoms with E-state index in [1.807, 2.05) is 63.2 Å². The van der Waals surface area contributed by atoms with Crippen LogP contribution in [0, 0.1) is 6.92 Å². The Morgan fingerprint density at radius 1 is 1.24 bits per heavy atom. The van der Waals surface area contributed by atoms with Gasteiger partial charge in [0.05, 0.1) is 31.5 Å². The van der Waals surface area contributed by atoms with Gasteiger partial charge in [0.2, 0.25) is 0 Å². The Kier molecular flexibility index (Phi) is 11.7. The normalized spacial score (nSPS) is 10.6. The Labute approximate surface area is 207 Å². The second-order valence-corrected chi connectivity index (χ2v) is 8.94. The number of carbonyl (C=O) groups excluding carboxylic acids is 1. The molecule has 1 heterocycles. The number of anilines is 1. The second kappa shape index (κ2) is 14.5. The molecule has 0 aliphatic carbocycles. The number of aryl methyl sites for hydroxylation is 1. The fourth-order valence-corrected chi connectivity index (χ4v) is 3.91. The first-order valence-electron chi connectivity index (χ1n) is 11.4. The molecule has 1 aromatic heterocycles. The number of hydrogen-bond acceptors (Lipinski definition) is 7. The predicted molar refractivity (Wildman–Crippen MR) is 140 cm³/mol. The highest BCUT2D eigenvalue weighted by atomic mass is 32.2. The van der Waals surface area contributed by atoms with Crippen molar-refractivity contribution < 1.29 is 14.3 Å². The predicted octanol–water partition coefficient (Wildman–Crippen LogP) is 5.09. The molecule has 0 atom stereocenters. The highest BCUT2D eigenvalue weighted by Crippen LogP contribution is 2.22. The van der Waals surface area contributed by atoms with E-state index < -0.39 is 0 Å². The van der Waals surface area contributed by atoms with Crippen molar-refractivity contribution in [3.05, 3.63) is 71.0 Å². The Balaban J connectivity index is 0.000000248. The lowest BCUT2D eigenvalue weighted by atomic mass is 10.1. The van der Waals surface area contributed by atoms with E-state index in [0.29, 0.717) is 12.1 Å². The average molecular weight is 485 g/mol. The minimum Gasteiger partial charge on any atom is -0.497 e. The summed E-state index contributed by atoms with van der Waals surface area (Å²) in [4.78, 5) is 12.2. The molecule has 0 spiro atoms. The molecule has 3 rings (SSSR count). The molecule has 34 heavy (non-hydrogen) atoms. The standard InChI is InChI=1S/C15H18N2O2.C11H18N2OS/c1-11(2)15-13(10-18)9-17(16-15)8-12-5-4-6-14(7-12)19-3;1-3-14-7-6-13-15-11-8-10(12)5-4-9(11)2/h4-7,9-11H,8H2,1-3H3;4-5,8,13H,3,6-7,12H2,1-2H3. The first-order chi connectivity index (χ1) is 16.4. The molecule has 184 valence electrons. The minimum absolute atomic E-state index is 0.242. The van der Waals surface area contributed by atoms with Gasteiger partial charge in [-0.1, -0.05) is 32.0 Å². The van der Waals surface area contributed by atoms with Crippen molar-refractivity contribution in [2.75, 3.05) is 32.6 Å². The molecule has 0 aliphatic heterocycles. The van der Waals surface area contributed by atoms with E-state index in [2.05, 4.69) is 16.7 Å². The molecular formula is C26H36N4O3S. The van der Waals surface area contributed by atoms with Crippen molar-refractivity contribution >= 4 is 23.9 Å². The molecule has 0 unspecified atom stereocenters. The summed E-state index contributed by atoms with van der Waals surface area (Å²) in [6.45, 7) is 11.1. The summed E-state index contributed by atoms with van der Waals surface area (Å²) in [6.07, 6.45) is 2.66. The number of methoxy groups -OCH3 is 1. The van der Waals surface area contributed by atoms with Crippen molar-refractivity contribution in [2.24, 2.45) is 0 Å². The summed E-state index contributed by atoms with van der Waals surface area (Å²) in [5, 5.41) is 4.48. The average Bonchev–Trinajstić information content (AvgIpc) is 3.25. The highest BCUT2D eigenvalue weighted by molar-refractivity contribution is 7.97. The maximum Gasteiger partial charge on any atom is 0.153 e. The number of nitrogens with two attached hydrogens (primary N) is 1. The zero-order chi connectivity index (χ0) is 24.9. The Bertz CT molecular complexity index is 1040. The third-order valence-electron chi connectivity index (χ3n) is 4.92. The van der Waals surface area contributed by atoms with Crippen LogP contribution in [0.25, 0.3) is 0 Å². The largest absolute Gasteiger partial charge is 0.497 e. The van der Waals surface area contributed by atoms with Crippen LogP contribution < -0.4 is 15.2 Å². The van der Waals surface area contributed by atoms with E-state index in [0.717, 1.165) is 48.7 Å². The van der Waals surface area contributed by atoms with Crippen LogP contribution in [0.2, 0.25) is 0 Å². The van der Waals surface area contributed by atoms with Gasteiger partial charge in [-0.25, -0.2) is 0 Å². The van der Waals surface area contributed by atoms with Crippen LogP contribution in [0.15, 0.2) is 53.6 Å². The molecule has 0 fully saturated rings. The Morgan fingerprint density at radius 2 is 2.03 bits per heavy atom. The molecule has 0 aliphatic rings. The van der Waals surface area contributed by atoms with Gasteiger partial charge >= 0.3 is 0 Å². The molecule has 3 N–H and O–H groups in total. The molecule has 8 heteroatoms. The van der Waals surface area contributed by atoms with Gasteiger partial charge in [-0.15, -0.1) is 0 Å². The molecule has 2 aromatic carbocycles. The quantitative estimate of drug-likeness (QED) is 0.170. The second-order valence-electron chi connectivity index (χ2n) is 8.01. The lowest BCUT2D eigenvalue weighted by Crippen LogP contribution is -2.12. The number of hydrogen-bond donors (Lipinski definition) is 2. The number of nitrogens with one attached hydrogen (secondary N) is 1. The lowest BCUT2D eigenvalue weighted by Gasteiger charge is -2.07. The van der Waals surface area contributed by atoms with Gasteiger partial charge in [0.1, 0.15) is 5.75 Å². The van der Waals surface area contributed by atoms with E-state index >= 15 is 0 Å². The number of aromatic nitrogens is 2. The zero-order valence-electron chi connectivity index (χ0n) is 20.7. The molecule has 0 saturated carbocycles. The van der Waals surface area contributed by atoms with Crippen LogP contribution >= 0.6 is 11.9 Å². The van der Waals surface area contributed by atoms with Crippen molar-refractivity contribution in [3.8, 4) is 5.75 Å². The van der Waals surface area contributed by atoms with Gasteiger partial charge in [-0.3, -0.25) is 14.2 Å². The number of rotatable bonds is 11. The monoisotopic (exact) mass is 484 g/mol. The van der Waals surface area contributed by atoms with E-state index in [-0.39, 0.29) is 5.92 Å². The van der Waals surface area contributed by atoms with Gasteiger partial charge in [-0.05, 0) is 67.1 Å². The maximum atomic E-state index is 11.0. The first kappa shape index (κ1) is 27.4. The smallest absolute Gasteiger partial charge is 0.153 e. The molecular weight excluding hydrogens is 448 g/mol. The van der Waals surface area contributed by atoms with E-state index in [1.54, 1.807) is 29.9 Å². The molecule has 0 amide bonds. The van der Waals surface area contributed by atoms with Crippen LogP contribution in [-0.4, -0.2) is 42.9 Å². The number of aldehydes is 1. The summed E-state index contributed by atoms with van der Waals surface area (Å²) in [7, 11) is 1.65. The summed E-state index contributed by atoms with van der Waals surface area (Å²) in [6, 6.07) is 13.8. The first-order valence-corrected chi connectivity index (χ1v) is 12.2. The van der Waals surface area contributed by atoms with Crippen molar-refractivity contribution in [1.82, 2.24) is 14.5 Å². The van der Waals surface area contributed by atoms with Crippen LogP contribution in [0.3, 0.4) is 0 Å². The third kappa shape index (κ3) is 8.85. The van der Waals surface area contributed by atoms with Crippen molar-refractivity contribution in [3.63, 3.8) is 0 Å². The fourth-order valence-electron chi connectivity index (χ4n) is 3.14. The van der Waals surface area contributed by atoms with Crippen LogP contribution in [0.5, 0.6) is 5.75 Å². The Morgan fingerprint density at radius 3 is 2.68 bits per heavy atom. The third-order valence-corrected chi connectivity index (χ3v) is 5.93. The molecule has 0 saturated heterocycles. The minimum atomic E-state index is 0.242. The van der Waals surface area contributed by atoms with Crippen molar-refractivity contribution in [2.45, 2.75) is 45.1 Å². The van der Waals surface area contributed by atoms with E-state index in [4.69, 9.17) is 15.2 Å². The highest BCUT2D eigenvalue weighted by Gasteiger charge is 2.12. The van der Waals surface area contributed by atoms with E-state index in [9.17, 15) is 4.79 Å². The molecule has 0 bridgehead atoms. The number of carbonyl (C=O) groups is 1. The topological polar surface area (TPSA) is 91.4 Å². The van der Waals surface area contributed by atoms with Crippen LogP contribution in [0.1, 0.15) is 53.9 Å². The molecule has 7 nitrogen and oxygen atoms in total. The van der Waals surface area contributed by atoms with Gasteiger partial charge in [0.25, 0.3) is 0 Å². The van der Waals surface area contributed by atoms with Gasteiger partial charge < -0.3 is 15.2 Å². The molecule has 3 aromatic rings. The number of ether oxygens (including phenoxy) is 2. The van der Waals surface area contributed by atoms with E-state index in [1.165, 1.54) is 10.5 Å². The summed E-state index contributed by atoms with van der Waals surface area (Å²) in [5.41, 5.74) is 10.4. The van der Waals surface area contributed by atoms with Crippen LogP contribution in [0.4, 0.5) is 5.69 Å².